The average Bonchev–Trinajstić information content (AvgIpc) is 3.15. The van der Waals surface area contributed by atoms with Crippen LogP contribution in [0.5, 0.6) is 0 Å². The lowest BCUT2D eigenvalue weighted by Gasteiger charge is -1.93. The number of nitriles is 2. The fourth-order valence-corrected chi connectivity index (χ4v) is 2.79. The molecular weight excluding hydrogens is 359 g/mol. The van der Waals surface area contributed by atoms with Crippen molar-refractivity contribution in [2.75, 3.05) is 0 Å². The summed E-state index contributed by atoms with van der Waals surface area (Å²) in [5.41, 5.74) is 2.55. The van der Waals surface area contributed by atoms with Gasteiger partial charge < -0.3 is 9.55 Å². The molecule has 0 saturated heterocycles. The number of aromatic nitrogens is 4. The fraction of sp³-hybridized carbons (Fsp3) is 0.0588. The van der Waals surface area contributed by atoms with Gasteiger partial charge in [-0.3, -0.25) is 0 Å². The summed E-state index contributed by atoms with van der Waals surface area (Å²) in [6, 6.07) is 7.48. The summed E-state index contributed by atoms with van der Waals surface area (Å²) in [7, 11) is 1.87. The molecule has 0 aliphatic rings. The predicted octanol–water partition coefficient (Wildman–Crippen LogP) is 4.19. The molecule has 4 heterocycles. The van der Waals surface area contributed by atoms with Crippen LogP contribution in [0.4, 0.5) is 0 Å². The summed E-state index contributed by atoms with van der Waals surface area (Å²) in [4.78, 5) is 11.0. The first-order valence-corrected chi connectivity index (χ1v) is 7.82. The molecule has 0 aliphatic carbocycles. The first-order valence-electron chi connectivity index (χ1n) is 7.07. The minimum atomic E-state index is 0.518. The lowest BCUT2D eigenvalue weighted by Crippen LogP contribution is -1.87. The predicted molar refractivity (Wildman–Crippen MR) is 96.3 cm³/mol. The van der Waals surface area contributed by atoms with Crippen LogP contribution < -0.4 is 0 Å². The maximum atomic E-state index is 8.65. The van der Waals surface area contributed by atoms with Gasteiger partial charge in [-0.05, 0) is 12.1 Å². The van der Waals surface area contributed by atoms with Gasteiger partial charge in [0, 0.05) is 42.6 Å². The van der Waals surface area contributed by atoms with Crippen LogP contribution in [-0.2, 0) is 7.05 Å². The molecule has 8 heteroatoms. The van der Waals surface area contributed by atoms with E-state index in [1.54, 1.807) is 30.7 Å². The molecule has 4 rings (SSSR count). The summed E-state index contributed by atoms with van der Waals surface area (Å²) in [6.07, 6.45) is 6.48. The Balaban J connectivity index is 0.000000146. The van der Waals surface area contributed by atoms with E-state index in [4.69, 9.17) is 33.7 Å². The van der Waals surface area contributed by atoms with Crippen LogP contribution in [0, 0.1) is 22.7 Å². The van der Waals surface area contributed by atoms with Crippen molar-refractivity contribution in [3.8, 4) is 12.1 Å². The van der Waals surface area contributed by atoms with E-state index in [2.05, 4.69) is 15.0 Å². The largest absolute Gasteiger partial charge is 0.345 e. The average molecular weight is 369 g/mol. The van der Waals surface area contributed by atoms with Crippen molar-refractivity contribution in [2.45, 2.75) is 0 Å². The van der Waals surface area contributed by atoms with Gasteiger partial charge >= 0.3 is 0 Å². The van der Waals surface area contributed by atoms with E-state index in [0.29, 0.717) is 26.8 Å². The van der Waals surface area contributed by atoms with Gasteiger partial charge in [0.15, 0.2) is 0 Å². The number of rotatable bonds is 0. The summed E-state index contributed by atoms with van der Waals surface area (Å²) in [6.45, 7) is 0. The minimum Gasteiger partial charge on any atom is -0.345 e. The number of fused-ring (bicyclic) bond motifs is 2. The standard InChI is InChI=1S/C9H6ClN3.C8H4ClN3/c1-13-5-8(10)7-2-6(3-11)4-12-9(7)13;9-7-4-12-8-6(7)1-5(2-10)3-11-8/h2,4-5H,1H3;1,3-4H,(H,11,12). The SMILES string of the molecule is Cn1cc(Cl)c2cc(C#N)cnc21.N#Cc1cnc2[nH]cc(Cl)c2c1. The maximum absolute atomic E-state index is 8.65. The topological polar surface area (TPSA) is 94.1 Å². The molecule has 0 radical (unpaired) electrons. The molecule has 0 aliphatic heterocycles. The van der Waals surface area contributed by atoms with E-state index in [1.165, 1.54) is 6.20 Å². The number of halogens is 2. The van der Waals surface area contributed by atoms with E-state index < -0.39 is 0 Å². The Morgan fingerprint density at radius 3 is 2.32 bits per heavy atom. The monoisotopic (exact) mass is 368 g/mol. The third-order valence-electron chi connectivity index (χ3n) is 3.50. The van der Waals surface area contributed by atoms with Crippen LogP contribution in [-0.4, -0.2) is 19.5 Å². The van der Waals surface area contributed by atoms with E-state index in [1.807, 2.05) is 23.8 Å². The molecule has 1 N–H and O–H groups in total. The molecule has 6 nitrogen and oxygen atoms in total. The van der Waals surface area contributed by atoms with Gasteiger partial charge in [0.25, 0.3) is 0 Å². The molecule has 0 aromatic carbocycles. The molecular formula is C17H10Cl2N6. The highest BCUT2D eigenvalue weighted by Crippen LogP contribution is 2.24. The number of hydrogen-bond acceptors (Lipinski definition) is 4. The van der Waals surface area contributed by atoms with Crippen LogP contribution in [0.25, 0.3) is 22.1 Å². The maximum Gasteiger partial charge on any atom is 0.141 e. The zero-order valence-electron chi connectivity index (χ0n) is 13.0. The lowest BCUT2D eigenvalue weighted by molar-refractivity contribution is 0.948. The quantitative estimate of drug-likeness (QED) is 0.503. The highest BCUT2D eigenvalue weighted by molar-refractivity contribution is 6.35. The second kappa shape index (κ2) is 6.82. The highest BCUT2D eigenvalue weighted by atomic mass is 35.5. The number of aryl methyl sites for hydroxylation is 1. The van der Waals surface area contributed by atoms with Crippen molar-refractivity contribution in [3.05, 3.63) is 58.1 Å². The van der Waals surface area contributed by atoms with Gasteiger partial charge in [0.2, 0.25) is 0 Å². The normalized spacial score (nSPS) is 10.1. The summed E-state index contributed by atoms with van der Waals surface area (Å²) in [5.74, 6) is 0. The first kappa shape index (κ1) is 16.8. The number of H-pyrrole nitrogens is 1. The number of nitrogens with one attached hydrogen (secondary N) is 1. The van der Waals surface area contributed by atoms with E-state index in [0.717, 1.165) is 16.4 Å². The number of pyridine rings is 2. The zero-order chi connectivity index (χ0) is 18.0. The number of nitrogens with zero attached hydrogens (tertiary/aromatic N) is 5. The highest BCUT2D eigenvalue weighted by Gasteiger charge is 2.06. The van der Waals surface area contributed by atoms with Crippen LogP contribution in [0.3, 0.4) is 0 Å². The summed E-state index contributed by atoms with van der Waals surface area (Å²) in [5, 5.41) is 20.1. The number of hydrogen-bond donors (Lipinski definition) is 1. The molecule has 0 unspecified atom stereocenters. The Morgan fingerprint density at radius 2 is 1.64 bits per heavy atom. The molecule has 25 heavy (non-hydrogen) atoms. The Bertz CT molecular complexity index is 1160. The van der Waals surface area contributed by atoms with Crippen LogP contribution >= 0.6 is 23.2 Å². The van der Waals surface area contributed by atoms with Gasteiger partial charge in [-0.15, -0.1) is 0 Å². The lowest BCUT2D eigenvalue weighted by atomic mass is 10.2. The minimum absolute atomic E-state index is 0.518. The van der Waals surface area contributed by atoms with Crippen LogP contribution in [0.1, 0.15) is 11.1 Å². The summed E-state index contributed by atoms with van der Waals surface area (Å²) < 4.78 is 1.83. The Hall–Kier alpha value is -3.06. The van der Waals surface area contributed by atoms with Gasteiger partial charge in [-0.1, -0.05) is 23.2 Å². The molecule has 0 spiro atoms. The van der Waals surface area contributed by atoms with Gasteiger partial charge in [0.1, 0.15) is 23.4 Å². The Morgan fingerprint density at radius 1 is 1.00 bits per heavy atom. The van der Waals surface area contributed by atoms with Gasteiger partial charge in [-0.2, -0.15) is 10.5 Å². The molecule has 122 valence electrons. The van der Waals surface area contributed by atoms with Crippen molar-refractivity contribution < 1.29 is 0 Å². The van der Waals surface area contributed by atoms with Crippen LogP contribution in [0.2, 0.25) is 10.0 Å². The van der Waals surface area contributed by atoms with Gasteiger partial charge in [0.05, 0.1) is 21.2 Å². The number of aromatic amines is 1. The molecule has 4 aromatic rings. The van der Waals surface area contributed by atoms with Gasteiger partial charge in [-0.25, -0.2) is 9.97 Å². The van der Waals surface area contributed by atoms with Crippen molar-refractivity contribution in [1.82, 2.24) is 19.5 Å². The Labute approximate surface area is 152 Å². The summed E-state index contributed by atoms with van der Waals surface area (Å²) >= 11 is 11.8. The van der Waals surface area contributed by atoms with Crippen molar-refractivity contribution in [2.24, 2.45) is 7.05 Å². The Kier molecular flexibility index (Phi) is 4.58. The molecule has 0 saturated carbocycles. The third kappa shape index (κ3) is 3.27. The van der Waals surface area contributed by atoms with E-state index in [-0.39, 0.29) is 0 Å². The first-order chi connectivity index (χ1) is 12.0. The second-order valence-electron chi connectivity index (χ2n) is 5.16. The second-order valence-corrected chi connectivity index (χ2v) is 5.98. The molecule has 4 aromatic heterocycles. The van der Waals surface area contributed by atoms with E-state index in [9.17, 15) is 0 Å². The van der Waals surface area contributed by atoms with Crippen LogP contribution in [0.15, 0.2) is 36.9 Å². The van der Waals surface area contributed by atoms with E-state index >= 15 is 0 Å². The molecule has 0 atom stereocenters. The molecule has 0 fully saturated rings. The molecule has 0 bridgehead atoms. The van der Waals surface area contributed by atoms with Crippen molar-refractivity contribution in [1.29, 1.82) is 10.5 Å². The van der Waals surface area contributed by atoms with Crippen molar-refractivity contribution >= 4 is 45.3 Å². The van der Waals surface area contributed by atoms with Crippen molar-refractivity contribution in [3.63, 3.8) is 0 Å². The third-order valence-corrected chi connectivity index (χ3v) is 4.12. The fourth-order valence-electron chi connectivity index (χ4n) is 2.31. The molecule has 0 amide bonds. The smallest absolute Gasteiger partial charge is 0.141 e. The zero-order valence-corrected chi connectivity index (χ0v) is 14.5.